The van der Waals surface area contributed by atoms with Crippen molar-refractivity contribution >= 4 is 37.9 Å². The zero-order chi connectivity index (χ0) is 20.9. The molecule has 154 valence electrons. The summed E-state index contributed by atoms with van der Waals surface area (Å²) in [5.41, 5.74) is 0.837. The number of amides is 2. The predicted octanol–water partition coefficient (Wildman–Crippen LogP) is 5.45. The third kappa shape index (κ3) is 6.93. The second-order valence-electron chi connectivity index (χ2n) is 6.64. The van der Waals surface area contributed by atoms with E-state index in [-0.39, 0.29) is 6.03 Å². The number of piperazine rings is 1. The van der Waals surface area contributed by atoms with Crippen molar-refractivity contribution in [1.29, 1.82) is 0 Å². The van der Waals surface area contributed by atoms with Crippen molar-refractivity contribution in [1.82, 2.24) is 15.1 Å². The molecular weight excluding hydrogens is 503 g/mol. The minimum Gasteiger partial charge on any atom is -0.322 e. The topological polar surface area (TPSA) is 35.6 Å². The lowest BCUT2D eigenvalue weighted by molar-refractivity contribution is -0.0913. The molecule has 1 saturated heterocycles. The van der Waals surface area contributed by atoms with E-state index in [2.05, 4.69) is 54.2 Å². The molecule has 4 nitrogen and oxygen atoms in total. The van der Waals surface area contributed by atoms with E-state index in [1.54, 1.807) is 11.8 Å². The quantitative estimate of drug-likeness (QED) is 0.531. The summed E-state index contributed by atoms with van der Waals surface area (Å²) in [4.78, 5) is 16.2. The van der Waals surface area contributed by atoms with E-state index in [0.717, 1.165) is 41.6 Å². The Morgan fingerprint density at radius 3 is 2.32 bits per heavy atom. The van der Waals surface area contributed by atoms with Gasteiger partial charge in [0.1, 0.15) is 0 Å². The van der Waals surface area contributed by atoms with Crippen LogP contribution in [0.4, 0.5) is 18.0 Å². The van der Waals surface area contributed by atoms with Crippen LogP contribution in [-0.4, -0.2) is 48.2 Å². The molecule has 0 unspecified atom stereocenters. The molecule has 1 aliphatic rings. The molecule has 1 fully saturated rings. The van der Waals surface area contributed by atoms with Gasteiger partial charge in [0.2, 0.25) is 0 Å². The van der Waals surface area contributed by atoms with Crippen LogP contribution < -0.4 is 5.32 Å². The largest absolute Gasteiger partial charge is 0.412 e. The van der Waals surface area contributed by atoms with Crippen molar-refractivity contribution in [3.63, 3.8) is 0 Å². The number of nitrogens with one attached hydrogen (secondary N) is 1. The zero-order valence-electron chi connectivity index (χ0n) is 15.6. The summed E-state index contributed by atoms with van der Waals surface area (Å²) in [5, 5.41) is 2.64. The highest BCUT2D eigenvalue weighted by Gasteiger charge is 2.29. The molecule has 1 aromatic rings. The molecule has 1 N–H and O–H groups in total. The van der Waals surface area contributed by atoms with E-state index in [1.165, 1.54) is 11.6 Å². The monoisotopic (exact) mass is 523 g/mol. The van der Waals surface area contributed by atoms with Gasteiger partial charge in [0, 0.05) is 52.9 Å². The Labute approximate surface area is 179 Å². The summed E-state index contributed by atoms with van der Waals surface area (Å²) < 4.78 is 39.5. The number of rotatable bonds is 4. The van der Waals surface area contributed by atoms with Gasteiger partial charge in [-0.3, -0.25) is 4.90 Å². The van der Waals surface area contributed by atoms with Gasteiger partial charge < -0.3 is 10.2 Å². The summed E-state index contributed by atoms with van der Waals surface area (Å²) in [6.45, 7) is 5.95. The molecule has 1 heterocycles. The lowest BCUT2D eigenvalue weighted by Gasteiger charge is -2.34. The fraction of sp³-hybridized carbons (Fsp3) is 0.421. The first-order chi connectivity index (χ1) is 13.1. The molecule has 1 aliphatic heterocycles. The summed E-state index contributed by atoms with van der Waals surface area (Å²) in [6.07, 6.45) is -2.13. The van der Waals surface area contributed by atoms with E-state index in [9.17, 15) is 18.0 Å². The van der Waals surface area contributed by atoms with E-state index in [1.807, 2.05) is 6.07 Å². The smallest absolute Gasteiger partial charge is 0.322 e. The molecular formula is C19H22Br2F3N3O. The molecule has 0 spiro atoms. The number of hydrogen-bond donors (Lipinski definition) is 1. The lowest BCUT2D eigenvalue weighted by atomic mass is 10.2. The molecule has 0 saturated carbocycles. The van der Waals surface area contributed by atoms with Crippen molar-refractivity contribution in [3.8, 4) is 0 Å². The molecule has 2 amide bonds. The van der Waals surface area contributed by atoms with Crippen LogP contribution in [0.2, 0.25) is 0 Å². The normalized spacial score (nSPS) is 17.0. The molecule has 28 heavy (non-hydrogen) atoms. The van der Waals surface area contributed by atoms with Crippen LogP contribution >= 0.6 is 31.9 Å². The van der Waals surface area contributed by atoms with Gasteiger partial charge in [-0.25, -0.2) is 4.79 Å². The van der Waals surface area contributed by atoms with E-state index in [0.29, 0.717) is 18.8 Å². The molecule has 0 radical (unpaired) electrons. The number of benzene rings is 1. The average Bonchev–Trinajstić information content (AvgIpc) is 2.62. The zero-order valence-corrected chi connectivity index (χ0v) is 18.8. The number of nitrogens with zero attached hydrogens (tertiary/aromatic N) is 2. The third-order valence-corrected chi connectivity index (χ3v) is 6.26. The van der Waals surface area contributed by atoms with Crippen molar-refractivity contribution in [3.05, 3.63) is 56.1 Å². The standard InChI is InChI=1S/C19H22Br2F3N3O/c1-13(19(22,23)24)3-4-14(2)25-18(28)27-9-7-26(8-10-27)12-15-5-6-16(20)17(21)11-15/h3-6,11H,7-10,12H2,1-2H3,(H,25,28)/b13-3+,14-4+. The summed E-state index contributed by atoms with van der Waals surface area (Å²) in [5.74, 6) is 0. The van der Waals surface area contributed by atoms with Crippen molar-refractivity contribution in [2.24, 2.45) is 0 Å². The number of halogens is 5. The Morgan fingerprint density at radius 2 is 1.75 bits per heavy atom. The molecule has 2 rings (SSSR count). The van der Waals surface area contributed by atoms with Gasteiger partial charge in [0.15, 0.2) is 0 Å². The van der Waals surface area contributed by atoms with Crippen molar-refractivity contribution in [2.75, 3.05) is 26.2 Å². The highest BCUT2D eigenvalue weighted by Crippen LogP contribution is 2.25. The summed E-state index contributed by atoms with van der Waals surface area (Å²) >= 11 is 6.95. The first-order valence-electron chi connectivity index (χ1n) is 8.71. The summed E-state index contributed by atoms with van der Waals surface area (Å²) in [7, 11) is 0. The van der Waals surface area contributed by atoms with Gasteiger partial charge in [-0.15, -0.1) is 0 Å². The second kappa shape index (κ2) is 9.93. The second-order valence-corrected chi connectivity index (χ2v) is 8.35. The van der Waals surface area contributed by atoms with Crippen LogP contribution in [0.25, 0.3) is 0 Å². The van der Waals surface area contributed by atoms with Gasteiger partial charge in [-0.05, 0) is 69.5 Å². The molecule has 0 aliphatic carbocycles. The Kier molecular flexibility index (Phi) is 8.15. The first kappa shape index (κ1) is 23.0. The minimum atomic E-state index is -4.36. The fourth-order valence-corrected chi connectivity index (χ4v) is 3.31. The number of hydrogen-bond acceptors (Lipinski definition) is 2. The molecule has 1 aromatic carbocycles. The Bertz CT molecular complexity index is 770. The number of carbonyl (C=O) groups is 1. The Balaban J connectivity index is 1.83. The van der Waals surface area contributed by atoms with Gasteiger partial charge in [0.25, 0.3) is 0 Å². The molecule has 0 aromatic heterocycles. The van der Waals surface area contributed by atoms with E-state index in [4.69, 9.17) is 0 Å². The maximum absolute atomic E-state index is 12.5. The molecule has 0 bridgehead atoms. The van der Waals surface area contributed by atoms with Gasteiger partial charge >= 0.3 is 12.2 Å². The van der Waals surface area contributed by atoms with Crippen LogP contribution in [-0.2, 0) is 6.54 Å². The summed E-state index contributed by atoms with van der Waals surface area (Å²) in [6, 6.07) is 5.82. The van der Waals surface area contributed by atoms with Crippen LogP contribution in [0.5, 0.6) is 0 Å². The van der Waals surface area contributed by atoms with Crippen LogP contribution in [0.3, 0.4) is 0 Å². The van der Waals surface area contributed by atoms with E-state index < -0.39 is 11.7 Å². The van der Waals surface area contributed by atoms with Gasteiger partial charge in [0.05, 0.1) is 0 Å². The number of urea groups is 1. The van der Waals surface area contributed by atoms with E-state index >= 15 is 0 Å². The molecule has 9 heteroatoms. The van der Waals surface area contributed by atoms with Gasteiger partial charge in [-0.2, -0.15) is 13.2 Å². The van der Waals surface area contributed by atoms with Crippen LogP contribution in [0.1, 0.15) is 19.4 Å². The average molecular weight is 525 g/mol. The van der Waals surface area contributed by atoms with Gasteiger partial charge in [-0.1, -0.05) is 12.1 Å². The Morgan fingerprint density at radius 1 is 1.11 bits per heavy atom. The Hall–Kier alpha value is -1.32. The molecule has 0 atom stereocenters. The highest BCUT2D eigenvalue weighted by atomic mass is 79.9. The highest BCUT2D eigenvalue weighted by molar-refractivity contribution is 9.13. The predicted molar refractivity (Wildman–Crippen MR) is 111 cm³/mol. The van der Waals surface area contributed by atoms with Crippen LogP contribution in [0.15, 0.2) is 50.6 Å². The van der Waals surface area contributed by atoms with Crippen molar-refractivity contribution in [2.45, 2.75) is 26.6 Å². The third-order valence-electron chi connectivity index (χ3n) is 4.38. The number of allylic oxidation sites excluding steroid dienone is 4. The number of alkyl halides is 3. The minimum absolute atomic E-state index is 0.294. The first-order valence-corrected chi connectivity index (χ1v) is 10.3. The van der Waals surface area contributed by atoms with Crippen LogP contribution in [0, 0.1) is 0 Å². The fourth-order valence-electron chi connectivity index (χ4n) is 2.64. The SMILES string of the molecule is C/C(=C\C=C(/C)C(F)(F)F)NC(=O)N1CCN(Cc2ccc(Br)c(Br)c2)CC1. The maximum atomic E-state index is 12.5. The number of carbonyl (C=O) groups excluding carboxylic acids is 1. The maximum Gasteiger partial charge on any atom is 0.412 e. The van der Waals surface area contributed by atoms with Crippen molar-refractivity contribution < 1.29 is 18.0 Å². The lowest BCUT2D eigenvalue weighted by Crippen LogP contribution is -2.51.